The minimum Gasteiger partial charge on any atom is -0.490 e. The highest BCUT2D eigenvalue weighted by Crippen LogP contribution is 2.44. The number of aromatic nitrogens is 1. The average Bonchev–Trinajstić information content (AvgIpc) is 3.17. The molecule has 3 heterocycles. The van der Waals surface area contributed by atoms with E-state index in [4.69, 9.17) is 9.47 Å². The fourth-order valence-electron chi connectivity index (χ4n) is 4.31. The summed E-state index contributed by atoms with van der Waals surface area (Å²) in [5, 5.41) is 22.3. The summed E-state index contributed by atoms with van der Waals surface area (Å²) in [5.41, 5.74) is -3.06. The molecule has 0 spiro atoms. The van der Waals surface area contributed by atoms with Gasteiger partial charge in [0.15, 0.2) is 0 Å². The van der Waals surface area contributed by atoms with Crippen LogP contribution in [-0.2, 0) is 11.0 Å². The van der Waals surface area contributed by atoms with Gasteiger partial charge in [0.25, 0.3) is 5.91 Å². The monoisotopic (exact) mass is 525 g/mol. The third-order valence-electron chi connectivity index (χ3n) is 6.40. The van der Waals surface area contributed by atoms with Crippen molar-refractivity contribution in [1.82, 2.24) is 10.3 Å². The number of aliphatic hydroxyl groups is 2. The van der Waals surface area contributed by atoms with Crippen LogP contribution in [0.5, 0.6) is 11.5 Å². The van der Waals surface area contributed by atoms with Crippen LogP contribution in [-0.4, -0.2) is 66.7 Å². The van der Waals surface area contributed by atoms with E-state index in [0.717, 1.165) is 0 Å². The second kappa shape index (κ2) is 10.7. The summed E-state index contributed by atoms with van der Waals surface area (Å²) in [7, 11) is 0. The van der Waals surface area contributed by atoms with E-state index in [1.807, 2.05) is 32.6 Å². The molecule has 1 atom stereocenters. The molecular formula is C26H34F3N3O5. The Labute approximate surface area is 214 Å². The standard InChI is InChI=1S/C24H28F3N3O5.C2H6/c1-14-20-16(22(2,3)13-35-20)11-19(29-14)23(33,24(25,26)27)12-28-21(32)15-4-5-17-18(10-15)34-9-7-30(17)6-8-31;1-2/h4-5,10-11,31,33H,6-9,12-13H2,1-3H3,(H,28,32);1-2H3. The molecule has 0 fully saturated rings. The van der Waals surface area contributed by atoms with Crippen molar-refractivity contribution < 1.29 is 37.7 Å². The lowest BCUT2D eigenvalue weighted by atomic mass is 9.84. The Morgan fingerprint density at radius 1 is 1.22 bits per heavy atom. The molecule has 3 N–H and O–H groups in total. The van der Waals surface area contributed by atoms with Crippen molar-refractivity contribution in [3.63, 3.8) is 0 Å². The first-order valence-corrected chi connectivity index (χ1v) is 12.2. The first-order chi connectivity index (χ1) is 17.4. The van der Waals surface area contributed by atoms with Crippen molar-refractivity contribution in [2.75, 3.05) is 44.4 Å². The van der Waals surface area contributed by atoms with E-state index in [0.29, 0.717) is 42.4 Å². The molecule has 1 amide bonds. The summed E-state index contributed by atoms with van der Waals surface area (Å²) in [6.07, 6.45) is -5.11. The molecule has 2 aliphatic heterocycles. The van der Waals surface area contributed by atoms with Gasteiger partial charge in [0.1, 0.15) is 18.1 Å². The average molecular weight is 526 g/mol. The highest BCUT2D eigenvalue weighted by atomic mass is 19.4. The first-order valence-electron chi connectivity index (χ1n) is 12.2. The number of nitrogens with zero attached hydrogens (tertiary/aromatic N) is 2. The maximum Gasteiger partial charge on any atom is 0.424 e. The number of alkyl halides is 3. The summed E-state index contributed by atoms with van der Waals surface area (Å²) >= 11 is 0. The highest BCUT2D eigenvalue weighted by Gasteiger charge is 2.57. The maximum absolute atomic E-state index is 14.1. The molecule has 0 saturated heterocycles. The van der Waals surface area contributed by atoms with Crippen molar-refractivity contribution >= 4 is 11.6 Å². The highest BCUT2D eigenvalue weighted by molar-refractivity contribution is 5.95. The Balaban J connectivity index is 0.00000186. The number of ether oxygens (including phenoxy) is 2. The molecule has 0 aliphatic carbocycles. The van der Waals surface area contributed by atoms with Crippen LogP contribution in [0.15, 0.2) is 24.3 Å². The predicted molar refractivity (Wildman–Crippen MR) is 132 cm³/mol. The third-order valence-corrected chi connectivity index (χ3v) is 6.40. The topological polar surface area (TPSA) is 104 Å². The van der Waals surface area contributed by atoms with E-state index in [1.54, 1.807) is 6.07 Å². The fourth-order valence-corrected chi connectivity index (χ4v) is 4.31. The van der Waals surface area contributed by atoms with Crippen molar-refractivity contribution in [1.29, 1.82) is 0 Å². The smallest absolute Gasteiger partial charge is 0.424 e. The zero-order valence-electron chi connectivity index (χ0n) is 21.7. The lowest BCUT2D eigenvalue weighted by Crippen LogP contribution is -2.51. The van der Waals surface area contributed by atoms with Gasteiger partial charge in [-0.3, -0.25) is 9.78 Å². The Bertz CT molecular complexity index is 1140. The summed E-state index contributed by atoms with van der Waals surface area (Å²) < 4.78 is 53.6. The second-order valence-electron chi connectivity index (χ2n) is 9.42. The number of carbonyl (C=O) groups is 1. The van der Waals surface area contributed by atoms with Gasteiger partial charge in [-0.25, -0.2) is 0 Å². The molecule has 8 nitrogen and oxygen atoms in total. The number of carbonyl (C=O) groups excluding carboxylic acids is 1. The third kappa shape index (κ3) is 5.47. The fraction of sp³-hybridized carbons (Fsp3) is 0.538. The Hall–Kier alpha value is -3.05. The molecular weight excluding hydrogens is 491 g/mol. The predicted octanol–water partition coefficient (Wildman–Crippen LogP) is 3.46. The van der Waals surface area contributed by atoms with Gasteiger partial charge in [-0.2, -0.15) is 13.2 Å². The van der Waals surface area contributed by atoms with Crippen molar-refractivity contribution in [2.45, 2.75) is 51.8 Å². The zero-order valence-corrected chi connectivity index (χ0v) is 21.7. The zero-order chi connectivity index (χ0) is 27.6. The molecule has 11 heteroatoms. The number of fused-ring (bicyclic) bond motifs is 2. The van der Waals surface area contributed by atoms with Crippen LogP contribution in [0.25, 0.3) is 0 Å². The second-order valence-corrected chi connectivity index (χ2v) is 9.42. The van der Waals surface area contributed by atoms with Crippen molar-refractivity contribution in [3.8, 4) is 11.5 Å². The van der Waals surface area contributed by atoms with Crippen molar-refractivity contribution in [2.24, 2.45) is 0 Å². The summed E-state index contributed by atoms with van der Waals surface area (Å²) in [5.74, 6) is -0.00177. The number of rotatable bonds is 6. The molecule has 1 unspecified atom stereocenters. The quantitative estimate of drug-likeness (QED) is 0.531. The summed E-state index contributed by atoms with van der Waals surface area (Å²) in [4.78, 5) is 18.6. The number of hydrogen-bond acceptors (Lipinski definition) is 7. The van der Waals surface area contributed by atoms with Crippen LogP contribution in [0.1, 0.15) is 55.0 Å². The molecule has 1 aromatic carbocycles. The van der Waals surface area contributed by atoms with Gasteiger partial charge in [-0.15, -0.1) is 0 Å². The van der Waals surface area contributed by atoms with Gasteiger partial charge in [-0.05, 0) is 31.2 Å². The number of benzene rings is 1. The number of aliphatic hydroxyl groups excluding tert-OH is 1. The lowest BCUT2D eigenvalue weighted by molar-refractivity contribution is -0.265. The largest absolute Gasteiger partial charge is 0.490 e. The number of nitrogens with one attached hydrogen (secondary N) is 1. The van der Waals surface area contributed by atoms with Gasteiger partial charge in [0.2, 0.25) is 5.60 Å². The van der Waals surface area contributed by atoms with Crippen LogP contribution < -0.4 is 19.7 Å². The van der Waals surface area contributed by atoms with E-state index in [1.165, 1.54) is 25.1 Å². The molecule has 37 heavy (non-hydrogen) atoms. The van der Waals surface area contributed by atoms with E-state index >= 15 is 0 Å². The molecule has 0 saturated carbocycles. The molecule has 2 aliphatic rings. The molecule has 0 radical (unpaired) electrons. The van der Waals surface area contributed by atoms with Crippen LogP contribution in [0.3, 0.4) is 0 Å². The Kier molecular flexibility index (Phi) is 8.28. The molecule has 0 bridgehead atoms. The minimum atomic E-state index is -5.11. The van der Waals surface area contributed by atoms with Crippen LogP contribution in [0.2, 0.25) is 0 Å². The number of hydrogen-bond donors (Lipinski definition) is 3. The maximum atomic E-state index is 14.1. The number of halogens is 3. The Morgan fingerprint density at radius 2 is 1.92 bits per heavy atom. The van der Waals surface area contributed by atoms with E-state index in [-0.39, 0.29) is 24.5 Å². The van der Waals surface area contributed by atoms with Crippen molar-refractivity contribution in [3.05, 3.63) is 46.8 Å². The van der Waals surface area contributed by atoms with Crippen LogP contribution in [0.4, 0.5) is 18.9 Å². The van der Waals surface area contributed by atoms with Gasteiger partial charge in [0, 0.05) is 23.1 Å². The number of amides is 1. The van der Waals surface area contributed by atoms with E-state index in [2.05, 4.69) is 10.3 Å². The van der Waals surface area contributed by atoms with Crippen LogP contribution in [0, 0.1) is 6.92 Å². The summed E-state index contributed by atoms with van der Waals surface area (Å²) in [6.45, 7) is 9.57. The number of aryl methyl sites for hydroxylation is 1. The number of anilines is 1. The Morgan fingerprint density at radius 3 is 2.57 bits per heavy atom. The summed E-state index contributed by atoms with van der Waals surface area (Å²) in [6, 6.07) is 5.70. The SMILES string of the molecule is CC.Cc1nc(C(O)(CNC(=O)c2ccc3c(c2)OCCN3CCO)C(F)(F)F)cc2c1OCC2(C)C. The molecule has 2 aromatic rings. The van der Waals surface area contributed by atoms with Gasteiger partial charge in [0.05, 0.1) is 43.4 Å². The molecule has 204 valence electrons. The van der Waals surface area contributed by atoms with Gasteiger partial charge < -0.3 is 29.9 Å². The minimum absolute atomic E-state index is 0.0583. The van der Waals surface area contributed by atoms with Gasteiger partial charge in [-0.1, -0.05) is 27.7 Å². The molecule has 1 aromatic heterocycles. The van der Waals surface area contributed by atoms with E-state index < -0.39 is 35.3 Å². The first kappa shape index (κ1) is 28.5. The number of pyridine rings is 1. The lowest BCUT2D eigenvalue weighted by Gasteiger charge is -2.32. The van der Waals surface area contributed by atoms with E-state index in [9.17, 15) is 28.2 Å². The van der Waals surface area contributed by atoms with Gasteiger partial charge >= 0.3 is 6.18 Å². The normalized spacial score (nSPS) is 17.3. The molecule has 4 rings (SSSR count). The van der Waals surface area contributed by atoms with Crippen LogP contribution >= 0.6 is 0 Å². The number of β-amino-alcohol motifs (C(OH)–C–C–N with tert-alkyl or cyclic N) is 1.